The first kappa shape index (κ1) is 22.0. The summed E-state index contributed by atoms with van der Waals surface area (Å²) in [4.78, 5) is 26.3. The smallest absolute Gasteiger partial charge is 0.363 e. The Morgan fingerprint density at radius 1 is 1.10 bits per heavy atom. The third-order valence-corrected chi connectivity index (χ3v) is 5.24. The van der Waals surface area contributed by atoms with Crippen molar-refractivity contribution in [3.05, 3.63) is 62.6 Å². The number of rotatable bonds is 5. The molecule has 0 saturated carbocycles. The maximum Gasteiger partial charge on any atom is 0.416 e. The van der Waals surface area contributed by atoms with Gasteiger partial charge >= 0.3 is 6.18 Å². The van der Waals surface area contributed by atoms with E-state index in [-0.39, 0.29) is 18.1 Å². The number of nitro benzene ring substituents is 1. The second-order valence-corrected chi connectivity index (χ2v) is 7.69. The predicted octanol–water partition coefficient (Wildman–Crippen LogP) is 4.14. The third kappa shape index (κ3) is 5.48. The third-order valence-electron chi connectivity index (χ3n) is 4.71. The van der Waals surface area contributed by atoms with Gasteiger partial charge in [0.2, 0.25) is 5.91 Å². The van der Waals surface area contributed by atoms with Gasteiger partial charge in [-0.05, 0) is 36.4 Å². The molecule has 0 aromatic heterocycles. The molecule has 1 amide bonds. The first-order valence-electron chi connectivity index (χ1n) is 9.02. The molecule has 3 rings (SSSR count). The fourth-order valence-corrected chi connectivity index (χ4v) is 3.46. The lowest BCUT2D eigenvalue weighted by atomic mass is 10.1. The van der Waals surface area contributed by atoms with Crippen LogP contribution in [0.5, 0.6) is 0 Å². The Hall–Kier alpha value is -2.66. The van der Waals surface area contributed by atoms with Crippen LogP contribution >= 0.6 is 15.9 Å². The summed E-state index contributed by atoms with van der Waals surface area (Å²) in [6, 6.07) is 9.70. The Balaban J connectivity index is 1.60. The van der Waals surface area contributed by atoms with Crippen molar-refractivity contribution in [1.29, 1.82) is 0 Å². The summed E-state index contributed by atoms with van der Waals surface area (Å²) in [5.74, 6) is -0.189. The minimum Gasteiger partial charge on any atom is -0.363 e. The first-order valence-corrected chi connectivity index (χ1v) is 9.81. The molecule has 1 aliphatic rings. The molecule has 1 heterocycles. The van der Waals surface area contributed by atoms with E-state index in [1.54, 1.807) is 17.0 Å². The number of carbonyl (C=O) groups is 1. The van der Waals surface area contributed by atoms with Gasteiger partial charge < -0.3 is 10.2 Å². The largest absolute Gasteiger partial charge is 0.416 e. The zero-order chi connectivity index (χ0) is 21.9. The normalized spacial score (nSPS) is 15.1. The van der Waals surface area contributed by atoms with Gasteiger partial charge in [-0.2, -0.15) is 13.2 Å². The molecule has 2 aromatic carbocycles. The molecular formula is C19H18BrF3N4O3. The van der Waals surface area contributed by atoms with Crippen LogP contribution in [0.3, 0.4) is 0 Å². The minimum absolute atomic E-state index is 0.145. The van der Waals surface area contributed by atoms with Crippen molar-refractivity contribution in [3.63, 3.8) is 0 Å². The summed E-state index contributed by atoms with van der Waals surface area (Å²) >= 11 is 3.32. The minimum atomic E-state index is -4.65. The predicted molar refractivity (Wildman–Crippen MR) is 110 cm³/mol. The average molecular weight is 487 g/mol. The van der Waals surface area contributed by atoms with E-state index < -0.39 is 22.4 Å². The highest BCUT2D eigenvalue weighted by molar-refractivity contribution is 9.10. The van der Waals surface area contributed by atoms with Gasteiger partial charge in [-0.15, -0.1) is 0 Å². The lowest BCUT2D eigenvalue weighted by molar-refractivity contribution is -0.384. The lowest BCUT2D eigenvalue weighted by Crippen LogP contribution is -2.48. The van der Waals surface area contributed by atoms with Gasteiger partial charge in [0.1, 0.15) is 5.69 Å². The zero-order valence-electron chi connectivity index (χ0n) is 15.7. The first-order chi connectivity index (χ1) is 14.1. The van der Waals surface area contributed by atoms with Crippen LogP contribution in [0.15, 0.2) is 46.9 Å². The number of hydrogen-bond acceptors (Lipinski definition) is 5. The molecule has 11 heteroatoms. The van der Waals surface area contributed by atoms with Crippen molar-refractivity contribution in [1.82, 2.24) is 4.90 Å². The Bertz CT molecular complexity index is 930. The van der Waals surface area contributed by atoms with E-state index in [0.29, 0.717) is 37.9 Å². The molecule has 1 aliphatic heterocycles. The van der Waals surface area contributed by atoms with Crippen LogP contribution in [-0.2, 0) is 11.0 Å². The molecule has 0 aliphatic carbocycles. The molecule has 1 N–H and O–H groups in total. The summed E-state index contributed by atoms with van der Waals surface area (Å²) in [5.41, 5.74) is -0.818. The molecule has 0 unspecified atom stereocenters. The van der Waals surface area contributed by atoms with E-state index in [1.165, 1.54) is 0 Å². The van der Waals surface area contributed by atoms with Crippen molar-refractivity contribution in [2.75, 3.05) is 42.9 Å². The number of alkyl halides is 3. The van der Waals surface area contributed by atoms with Gasteiger partial charge in [-0.3, -0.25) is 19.8 Å². The molecule has 1 saturated heterocycles. The summed E-state index contributed by atoms with van der Waals surface area (Å²) in [7, 11) is 0. The number of nitrogens with one attached hydrogen (secondary N) is 1. The number of halogens is 4. The van der Waals surface area contributed by atoms with Gasteiger partial charge in [0.05, 0.1) is 17.0 Å². The van der Waals surface area contributed by atoms with Crippen LogP contribution in [0.1, 0.15) is 5.56 Å². The van der Waals surface area contributed by atoms with E-state index >= 15 is 0 Å². The monoisotopic (exact) mass is 486 g/mol. The molecule has 30 heavy (non-hydrogen) atoms. The number of nitrogens with zero attached hydrogens (tertiary/aromatic N) is 3. The summed E-state index contributed by atoms with van der Waals surface area (Å²) < 4.78 is 39.5. The number of carbonyl (C=O) groups excluding carboxylic acids is 1. The standard InChI is InChI=1S/C19H18BrF3N4O3/c20-14-2-4-15(5-3-14)24-18(28)12-25-7-9-26(10-8-25)16-6-1-13(19(21,22)23)11-17(16)27(29)30/h1-6,11H,7-10,12H2,(H,24,28). The van der Waals surface area contributed by atoms with Gasteiger partial charge in [0, 0.05) is 42.4 Å². The molecule has 2 aromatic rings. The van der Waals surface area contributed by atoms with Crippen molar-refractivity contribution in [2.45, 2.75) is 6.18 Å². The number of nitro groups is 1. The highest BCUT2D eigenvalue weighted by atomic mass is 79.9. The summed E-state index contributed by atoms with van der Waals surface area (Å²) in [6.45, 7) is 1.77. The SMILES string of the molecule is O=C(CN1CCN(c2ccc(C(F)(F)F)cc2[N+](=O)[O-])CC1)Nc1ccc(Br)cc1. The number of piperazine rings is 1. The highest BCUT2D eigenvalue weighted by Gasteiger charge is 2.34. The molecule has 7 nitrogen and oxygen atoms in total. The van der Waals surface area contributed by atoms with Crippen LogP contribution in [0, 0.1) is 10.1 Å². The maximum atomic E-state index is 12.9. The second kappa shape index (κ2) is 9.00. The van der Waals surface area contributed by atoms with E-state index in [4.69, 9.17) is 0 Å². The van der Waals surface area contributed by atoms with E-state index in [1.807, 2.05) is 17.0 Å². The Labute approximate surface area is 178 Å². The second-order valence-electron chi connectivity index (χ2n) is 6.78. The summed E-state index contributed by atoms with van der Waals surface area (Å²) in [5, 5.41) is 14.1. The van der Waals surface area contributed by atoms with Crippen molar-refractivity contribution >= 4 is 38.9 Å². The van der Waals surface area contributed by atoms with Crippen molar-refractivity contribution in [3.8, 4) is 0 Å². The quantitative estimate of drug-likeness (QED) is 0.507. The van der Waals surface area contributed by atoms with Crippen LogP contribution in [0.4, 0.5) is 30.2 Å². The van der Waals surface area contributed by atoms with E-state index in [9.17, 15) is 28.1 Å². The molecule has 0 bridgehead atoms. The average Bonchev–Trinajstić information content (AvgIpc) is 2.69. The number of benzene rings is 2. The molecule has 0 atom stereocenters. The van der Waals surface area contributed by atoms with Crippen LogP contribution < -0.4 is 10.2 Å². The van der Waals surface area contributed by atoms with E-state index in [0.717, 1.165) is 16.6 Å². The van der Waals surface area contributed by atoms with Crippen LogP contribution in [-0.4, -0.2) is 48.5 Å². The van der Waals surface area contributed by atoms with Crippen molar-refractivity contribution < 1.29 is 22.9 Å². The Morgan fingerprint density at radius 2 is 1.73 bits per heavy atom. The van der Waals surface area contributed by atoms with Crippen molar-refractivity contribution in [2.24, 2.45) is 0 Å². The van der Waals surface area contributed by atoms with Gasteiger partial charge in [0.25, 0.3) is 5.69 Å². The van der Waals surface area contributed by atoms with Gasteiger partial charge in [-0.1, -0.05) is 15.9 Å². The molecule has 1 fully saturated rings. The maximum absolute atomic E-state index is 12.9. The topological polar surface area (TPSA) is 78.7 Å². The zero-order valence-corrected chi connectivity index (χ0v) is 17.2. The lowest BCUT2D eigenvalue weighted by Gasteiger charge is -2.35. The number of hydrogen-bond donors (Lipinski definition) is 1. The van der Waals surface area contributed by atoms with E-state index in [2.05, 4.69) is 21.2 Å². The molecular weight excluding hydrogens is 469 g/mol. The number of anilines is 2. The Morgan fingerprint density at radius 3 is 2.30 bits per heavy atom. The van der Waals surface area contributed by atoms with Crippen LogP contribution in [0.2, 0.25) is 0 Å². The molecule has 160 valence electrons. The summed E-state index contributed by atoms with van der Waals surface area (Å²) in [6.07, 6.45) is -4.65. The highest BCUT2D eigenvalue weighted by Crippen LogP contribution is 2.36. The van der Waals surface area contributed by atoms with Crippen LogP contribution in [0.25, 0.3) is 0 Å². The number of amides is 1. The fraction of sp³-hybridized carbons (Fsp3) is 0.316. The van der Waals surface area contributed by atoms with Gasteiger partial charge in [0.15, 0.2) is 0 Å². The Kier molecular flexibility index (Phi) is 6.61. The molecule has 0 radical (unpaired) electrons. The van der Waals surface area contributed by atoms with Gasteiger partial charge in [-0.25, -0.2) is 0 Å². The fourth-order valence-electron chi connectivity index (χ4n) is 3.20. The molecule has 0 spiro atoms.